The summed E-state index contributed by atoms with van der Waals surface area (Å²) < 4.78 is 0. The Kier molecular flexibility index (Phi) is 5.37. The average Bonchev–Trinajstić information content (AvgIpc) is 2.41. The van der Waals surface area contributed by atoms with Gasteiger partial charge < -0.3 is 10.0 Å². The summed E-state index contributed by atoms with van der Waals surface area (Å²) in [5, 5.41) is 8.76. The van der Waals surface area contributed by atoms with Gasteiger partial charge in [0.2, 0.25) is 5.91 Å². The van der Waals surface area contributed by atoms with Gasteiger partial charge in [-0.3, -0.25) is 19.4 Å². The van der Waals surface area contributed by atoms with Gasteiger partial charge in [-0.1, -0.05) is 0 Å². The lowest BCUT2D eigenvalue weighted by atomic mass is 10.0. The van der Waals surface area contributed by atoms with Crippen LogP contribution < -0.4 is 0 Å². The van der Waals surface area contributed by atoms with Crippen LogP contribution in [0.15, 0.2) is 0 Å². The van der Waals surface area contributed by atoms with Crippen molar-refractivity contribution in [2.45, 2.75) is 32.2 Å². The molecule has 2 aliphatic heterocycles. The average molecular weight is 283 g/mol. The van der Waals surface area contributed by atoms with Gasteiger partial charge in [-0.05, 0) is 26.2 Å². The molecule has 114 valence electrons. The highest BCUT2D eigenvalue weighted by molar-refractivity contribution is 5.78. The molecule has 1 unspecified atom stereocenters. The molecule has 20 heavy (non-hydrogen) atoms. The van der Waals surface area contributed by atoms with Gasteiger partial charge in [0.15, 0.2) is 0 Å². The molecule has 0 aliphatic carbocycles. The largest absolute Gasteiger partial charge is 0.480 e. The van der Waals surface area contributed by atoms with E-state index in [2.05, 4.69) is 11.8 Å². The van der Waals surface area contributed by atoms with Crippen molar-refractivity contribution in [1.82, 2.24) is 14.7 Å². The molecule has 0 aromatic heterocycles. The number of likely N-dealkylation sites (tertiary alicyclic amines) is 1. The zero-order valence-corrected chi connectivity index (χ0v) is 12.3. The van der Waals surface area contributed by atoms with E-state index in [1.165, 1.54) is 6.42 Å². The molecule has 0 aromatic carbocycles. The second kappa shape index (κ2) is 7.04. The topological polar surface area (TPSA) is 64.1 Å². The van der Waals surface area contributed by atoms with Crippen LogP contribution >= 0.6 is 0 Å². The van der Waals surface area contributed by atoms with E-state index in [4.69, 9.17) is 5.11 Å². The lowest BCUT2D eigenvalue weighted by Gasteiger charge is -2.37. The Labute approximate surface area is 120 Å². The molecule has 6 nitrogen and oxygen atoms in total. The van der Waals surface area contributed by atoms with Gasteiger partial charge >= 0.3 is 5.97 Å². The van der Waals surface area contributed by atoms with E-state index >= 15 is 0 Å². The monoisotopic (exact) mass is 283 g/mol. The smallest absolute Gasteiger partial charge is 0.317 e. The highest BCUT2D eigenvalue weighted by Crippen LogP contribution is 2.16. The zero-order chi connectivity index (χ0) is 14.5. The maximum atomic E-state index is 12.3. The summed E-state index contributed by atoms with van der Waals surface area (Å²) >= 11 is 0. The Morgan fingerprint density at radius 3 is 2.15 bits per heavy atom. The van der Waals surface area contributed by atoms with Crippen LogP contribution in [0, 0.1) is 0 Å². The molecule has 2 fully saturated rings. The summed E-state index contributed by atoms with van der Waals surface area (Å²) in [7, 11) is 0. The summed E-state index contributed by atoms with van der Waals surface area (Å²) in [5.74, 6) is -0.555. The number of carbonyl (C=O) groups is 2. The minimum Gasteiger partial charge on any atom is -0.480 e. The van der Waals surface area contributed by atoms with Crippen LogP contribution in [-0.2, 0) is 9.59 Å². The van der Waals surface area contributed by atoms with E-state index < -0.39 is 5.97 Å². The summed E-state index contributed by atoms with van der Waals surface area (Å²) in [5.41, 5.74) is 0. The normalized spacial score (nSPS) is 25.6. The van der Waals surface area contributed by atoms with Crippen molar-refractivity contribution in [2.24, 2.45) is 0 Å². The van der Waals surface area contributed by atoms with Crippen molar-refractivity contribution in [3.63, 3.8) is 0 Å². The molecule has 0 spiro atoms. The predicted octanol–water partition coefficient (Wildman–Crippen LogP) is 0.0896. The highest BCUT2D eigenvalue weighted by atomic mass is 16.4. The molecule has 2 heterocycles. The molecule has 2 rings (SSSR count). The Hall–Kier alpha value is -1.14. The van der Waals surface area contributed by atoms with E-state index in [0.29, 0.717) is 12.6 Å². The van der Waals surface area contributed by atoms with Gasteiger partial charge in [0.05, 0.1) is 13.1 Å². The summed E-state index contributed by atoms with van der Waals surface area (Å²) in [6.45, 7) is 6.61. The first-order valence-electron chi connectivity index (χ1n) is 7.52. The van der Waals surface area contributed by atoms with Gasteiger partial charge in [-0.15, -0.1) is 0 Å². The fraction of sp³-hybridized carbons (Fsp3) is 0.857. The summed E-state index contributed by atoms with van der Waals surface area (Å²) in [6.07, 6.45) is 3.44. The standard InChI is InChI=1S/C14H25N3O3/c1-12-4-2-3-5-17(12)13(18)10-15-6-8-16(9-7-15)11-14(19)20/h12H,2-11H2,1H3,(H,19,20). The Bertz CT molecular complexity index is 354. The SMILES string of the molecule is CC1CCCCN1C(=O)CN1CCN(CC(=O)O)CC1. The van der Waals surface area contributed by atoms with Gasteiger partial charge in [0.1, 0.15) is 0 Å². The molecular weight excluding hydrogens is 258 g/mol. The van der Waals surface area contributed by atoms with Crippen molar-refractivity contribution >= 4 is 11.9 Å². The number of aliphatic carboxylic acids is 1. The molecule has 0 radical (unpaired) electrons. The number of amides is 1. The van der Waals surface area contributed by atoms with Crippen LogP contribution in [0.5, 0.6) is 0 Å². The molecule has 1 amide bonds. The second-order valence-corrected chi connectivity index (χ2v) is 5.88. The van der Waals surface area contributed by atoms with Gasteiger partial charge in [0, 0.05) is 38.8 Å². The number of carbonyl (C=O) groups excluding carboxylic acids is 1. The van der Waals surface area contributed by atoms with E-state index in [-0.39, 0.29) is 12.5 Å². The van der Waals surface area contributed by atoms with Crippen molar-refractivity contribution in [2.75, 3.05) is 45.8 Å². The van der Waals surface area contributed by atoms with Crippen LogP contribution in [0.3, 0.4) is 0 Å². The quantitative estimate of drug-likeness (QED) is 0.792. The molecular formula is C14H25N3O3. The molecule has 6 heteroatoms. The van der Waals surface area contributed by atoms with Crippen LogP contribution in [-0.4, -0.2) is 83.5 Å². The van der Waals surface area contributed by atoms with Crippen molar-refractivity contribution in [3.05, 3.63) is 0 Å². The molecule has 0 saturated carbocycles. The fourth-order valence-corrected chi connectivity index (χ4v) is 3.05. The van der Waals surface area contributed by atoms with Crippen molar-refractivity contribution in [1.29, 1.82) is 0 Å². The maximum absolute atomic E-state index is 12.3. The first-order valence-corrected chi connectivity index (χ1v) is 7.52. The highest BCUT2D eigenvalue weighted by Gasteiger charge is 2.26. The number of carboxylic acid groups (broad SMARTS) is 1. The third-order valence-corrected chi connectivity index (χ3v) is 4.31. The van der Waals surface area contributed by atoms with E-state index in [1.54, 1.807) is 0 Å². The molecule has 1 atom stereocenters. The predicted molar refractivity (Wildman–Crippen MR) is 75.5 cm³/mol. The minimum absolute atomic E-state index is 0.102. The third kappa shape index (κ3) is 4.18. The number of hydrogen-bond donors (Lipinski definition) is 1. The van der Waals surface area contributed by atoms with E-state index in [0.717, 1.165) is 45.6 Å². The fourth-order valence-electron chi connectivity index (χ4n) is 3.05. The van der Waals surface area contributed by atoms with E-state index in [9.17, 15) is 9.59 Å². The lowest BCUT2D eigenvalue weighted by Crippen LogP contribution is -2.52. The summed E-state index contributed by atoms with van der Waals surface area (Å²) in [6, 6.07) is 0.365. The van der Waals surface area contributed by atoms with Crippen molar-refractivity contribution < 1.29 is 14.7 Å². The first-order chi connectivity index (χ1) is 9.56. The Morgan fingerprint density at radius 1 is 1.00 bits per heavy atom. The number of rotatable bonds is 4. The third-order valence-electron chi connectivity index (χ3n) is 4.31. The Balaban J connectivity index is 1.74. The van der Waals surface area contributed by atoms with Gasteiger partial charge in [0.25, 0.3) is 0 Å². The zero-order valence-electron chi connectivity index (χ0n) is 12.3. The molecule has 2 aliphatic rings. The lowest BCUT2D eigenvalue weighted by molar-refractivity contribution is -0.140. The van der Waals surface area contributed by atoms with Crippen molar-refractivity contribution in [3.8, 4) is 0 Å². The molecule has 2 saturated heterocycles. The van der Waals surface area contributed by atoms with Crippen LogP contribution in [0.25, 0.3) is 0 Å². The number of piperazine rings is 1. The summed E-state index contributed by atoms with van der Waals surface area (Å²) in [4.78, 5) is 29.0. The minimum atomic E-state index is -0.781. The second-order valence-electron chi connectivity index (χ2n) is 5.88. The van der Waals surface area contributed by atoms with E-state index in [1.807, 2.05) is 9.80 Å². The van der Waals surface area contributed by atoms with Gasteiger partial charge in [-0.2, -0.15) is 0 Å². The number of carboxylic acids is 1. The maximum Gasteiger partial charge on any atom is 0.317 e. The number of hydrogen-bond acceptors (Lipinski definition) is 4. The van der Waals surface area contributed by atoms with Crippen LogP contribution in [0.1, 0.15) is 26.2 Å². The Morgan fingerprint density at radius 2 is 1.60 bits per heavy atom. The van der Waals surface area contributed by atoms with Crippen LogP contribution in [0.2, 0.25) is 0 Å². The molecule has 0 aromatic rings. The first kappa shape index (κ1) is 15.3. The number of piperidine rings is 1. The molecule has 0 bridgehead atoms. The number of nitrogens with zero attached hydrogens (tertiary/aromatic N) is 3. The van der Waals surface area contributed by atoms with Gasteiger partial charge in [-0.25, -0.2) is 0 Å². The molecule has 1 N–H and O–H groups in total. The van der Waals surface area contributed by atoms with Crippen LogP contribution in [0.4, 0.5) is 0 Å².